The van der Waals surface area contributed by atoms with Gasteiger partial charge in [-0.3, -0.25) is 4.79 Å². The Hall–Kier alpha value is -3.93. The molecule has 0 spiro atoms. The zero-order valence-electron chi connectivity index (χ0n) is 17.6. The molecule has 0 saturated heterocycles. The van der Waals surface area contributed by atoms with Crippen LogP contribution < -0.4 is 15.0 Å². The highest BCUT2D eigenvalue weighted by Gasteiger charge is 2.12. The smallest absolute Gasteiger partial charge is 0.282 e. The Morgan fingerprint density at radius 3 is 2.45 bits per heavy atom. The predicted molar refractivity (Wildman–Crippen MR) is 123 cm³/mol. The van der Waals surface area contributed by atoms with Crippen molar-refractivity contribution >= 4 is 17.1 Å². The molecule has 0 atom stereocenters. The lowest BCUT2D eigenvalue weighted by molar-refractivity contribution is 0.230. The molecule has 3 aromatic carbocycles. The Morgan fingerprint density at radius 2 is 1.71 bits per heavy atom. The van der Waals surface area contributed by atoms with Crippen molar-refractivity contribution in [2.45, 2.75) is 20.0 Å². The largest absolute Gasteiger partial charge is 0.493 e. The summed E-state index contributed by atoms with van der Waals surface area (Å²) < 4.78 is 12.5. The zero-order chi connectivity index (χ0) is 21.8. The first-order chi connectivity index (χ1) is 15.1. The highest BCUT2D eigenvalue weighted by atomic mass is 16.5. The van der Waals surface area contributed by atoms with E-state index in [0.29, 0.717) is 28.2 Å². The van der Waals surface area contributed by atoms with Crippen LogP contribution in [-0.2, 0) is 0 Å². The maximum Gasteiger partial charge on any atom is 0.282 e. The van der Waals surface area contributed by atoms with Gasteiger partial charge in [0.2, 0.25) is 0 Å². The Kier molecular flexibility index (Phi) is 5.80. The molecule has 31 heavy (non-hydrogen) atoms. The minimum Gasteiger partial charge on any atom is -0.493 e. The van der Waals surface area contributed by atoms with Crippen LogP contribution in [0.4, 0.5) is 0 Å². The molecular formula is C25H23N3O3. The summed E-state index contributed by atoms with van der Waals surface area (Å²) >= 11 is 0. The van der Waals surface area contributed by atoms with Crippen LogP contribution >= 0.6 is 0 Å². The van der Waals surface area contributed by atoms with Gasteiger partial charge in [-0.15, -0.1) is 0 Å². The normalized spacial score (nSPS) is 11.4. The molecule has 156 valence electrons. The molecular weight excluding hydrogens is 390 g/mol. The number of aromatic nitrogens is 2. The van der Waals surface area contributed by atoms with Gasteiger partial charge in [0.05, 0.1) is 30.3 Å². The van der Waals surface area contributed by atoms with Gasteiger partial charge in [-0.1, -0.05) is 42.5 Å². The lowest BCUT2D eigenvalue weighted by atomic mass is 10.2. The van der Waals surface area contributed by atoms with Crippen LogP contribution in [0, 0.1) is 0 Å². The van der Waals surface area contributed by atoms with E-state index < -0.39 is 0 Å². The van der Waals surface area contributed by atoms with E-state index in [1.807, 2.05) is 80.6 Å². The number of hydrogen-bond acceptors (Lipinski definition) is 5. The standard InChI is InChI=1S/C25H23N3O3/c1-17(2)31-22-14-13-18(15-23(22)30-3)16-26-28-24(19-9-5-4-6-10-19)27-21-12-8-7-11-20(21)25(28)29/h4-17H,1-3H3. The summed E-state index contributed by atoms with van der Waals surface area (Å²) in [6.07, 6.45) is 1.65. The van der Waals surface area contributed by atoms with E-state index >= 15 is 0 Å². The van der Waals surface area contributed by atoms with Crippen molar-refractivity contribution in [1.82, 2.24) is 9.66 Å². The maximum atomic E-state index is 13.2. The Balaban J connectivity index is 1.82. The number of nitrogens with zero attached hydrogens (tertiary/aromatic N) is 3. The number of benzene rings is 3. The quantitative estimate of drug-likeness (QED) is 0.428. The van der Waals surface area contributed by atoms with Gasteiger partial charge in [0.1, 0.15) is 0 Å². The average molecular weight is 413 g/mol. The number of ether oxygens (including phenoxy) is 2. The van der Waals surface area contributed by atoms with Crippen LogP contribution in [-0.4, -0.2) is 29.1 Å². The van der Waals surface area contributed by atoms with Crippen molar-refractivity contribution in [3.8, 4) is 22.9 Å². The molecule has 0 fully saturated rings. The Bertz CT molecular complexity index is 1290. The van der Waals surface area contributed by atoms with Crippen molar-refractivity contribution in [3.05, 3.63) is 88.7 Å². The molecule has 1 aromatic heterocycles. The fourth-order valence-corrected chi connectivity index (χ4v) is 3.25. The van der Waals surface area contributed by atoms with Crippen LogP contribution in [0.2, 0.25) is 0 Å². The SMILES string of the molecule is COc1cc(C=Nn2c(-c3ccccc3)nc3ccccc3c2=O)ccc1OC(C)C. The van der Waals surface area contributed by atoms with Gasteiger partial charge < -0.3 is 9.47 Å². The summed E-state index contributed by atoms with van der Waals surface area (Å²) in [5.41, 5.74) is 1.98. The Morgan fingerprint density at radius 1 is 0.968 bits per heavy atom. The molecule has 0 aliphatic rings. The first kappa shape index (κ1) is 20.3. The highest BCUT2D eigenvalue weighted by molar-refractivity contribution is 5.82. The van der Waals surface area contributed by atoms with Crippen LogP contribution in [0.5, 0.6) is 11.5 Å². The van der Waals surface area contributed by atoms with E-state index in [2.05, 4.69) is 5.10 Å². The monoisotopic (exact) mass is 413 g/mol. The minimum absolute atomic E-state index is 0.0316. The lowest BCUT2D eigenvalue weighted by Crippen LogP contribution is -2.20. The van der Waals surface area contributed by atoms with Crippen molar-refractivity contribution < 1.29 is 9.47 Å². The molecule has 0 N–H and O–H groups in total. The van der Waals surface area contributed by atoms with E-state index in [0.717, 1.165) is 11.1 Å². The second kappa shape index (κ2) is 8.83. The second-order valence-corrected chi connectivity index (χ2v) is 7.26. The number of hydrogen-bond donors (Lipinski definition) is 0. The maximum absolute atomic E-state index is 13.2. The topological polar surface area (TPSA) is 65.7 Å². The summed E-state index contributed by atoms with van der Waals surface area (Å²) in [6, 6.07) is 22.3. The Labute approximate surface area is 180 Å². The first-order valence-electron chi connectivity index (χ1n) is 10.0. The summed E-state index contributed by atoms with van der Waals surface area (Å²) in [6.45, 7) is 3.91. The van der Waals surface area contributed by atoms with Gasteiger partial charge in [0, 0.05) is 5.56 Å². The molecule has 0 saturated carbocycles. The van der Waals surface area contributed by atoms with E-state index in [1.54, 1.807) is 19.4 Å². The van der Waals surface area contributed by atoms with Gasteiger partial charge in [0.25, 0.3) is 5.56 Å². The van der Waals surface area contributed by atoms with Gasteiger partial charge in [0.15, 0.2) is 17.3 Å². The summed E-state index contributed by atoms with van der Waals surface area (Å²) in [5.74, 6) is 1.74. The third kappa shape index (κ3) is 4.33. The molecule has 6 nitrogen and oxygen atoms in total. The number of methoxy groups -OCH3 is 1. The van der Waals surface area contributed by atoms with E-state index in [1.165, 1.54) is 4.68 Å². The van der Waals surface area contributed by atoms with Crippen molar-refractivity contribution in [2.75, 3.05) is 7.11 Å². The van der Waals surface area contributed by atoms with E-state index in [9.17, 15) is 4.79 Å². The van der Waals surface area contributed by atoms with Gasteiger partial charge in [-0.05, 0) is 49.7 Å². The second-order valence-electron chi connectivity index (χ2n) is 7.26. The number of rotatable bonds is 6. The number of fused-ring (bicyclic) bond motifs is 1. The molecule has 0 amide bonds. The van der Waals surface area contributed by atoms with Gasteiger partial charge in [-0.2, -0.15) is 9.78 Å². The van der Waals surface area contributed by atoms with Crippen LogP contribution in [0.1, 0.15) is 19.4 Å². The fourth-order valence-electron chi connectivity index (χ4n) is 3.25. The van der Waals surface area contributed by atoms with Crippen LogP contribution in [0.15, 0.2) is 82.7 Å². The third-order valence-corrected chi connectivity index (χ3v) is 4.66. The van der Waals surface area contributed by atoms with Crippen LogP contribution in [0.3, 0.4) is 0 Å². The van der Waals surface area contributed by atoms with E-state index in [-0.39, 0.29) is 11.7 Å². The van der Waals surface area contributed by atoms with Gasteiger partial charge in [-0.25, -0.2) is 4.98 Å². The van der Waals surface area contributed by atoms with Gasteiger partial charge >= 0.3 is 0 Å². The van der Waals surface area contributed by atoms with E-state index in [4.69, 9.17) is 14.5 Å². The first-order valence-corrected chi connectivity index (χ1v) is 10.0. The molecule has 1 heterocycles. The third-order valence-electron chi connectivity index (χ3n) is 4.66. The average Bonchev–Trinajstić information content (AvgIpc) is 2.79. The summed E-state index contributed by atoms with van der Waals surface area (Å²) in [4.78, 5) is 17.9. The molecule has 0 aliphatic carbocycles. The van der Waals surface area contributed by atoms with Crippen molar-refractivity contribution in [3.63, 3.8) is 0 Å². The molecule has 0 radical (unpaired) electrons. The highest BCUT2D eigenvalue weighted by Crippen LogP contribution is 2.28. The van der Waals surface area contributed by atoms with Crippen LogP contribution in [0.25, 0.3) is 22.3 Å². The molecule has 0 unspecified atom stereocenters. The van der Waals surface area contributed by atoms with Crippen molar-refractivity contribution in [2.24, 2.45) is 5.10 Å². The predicted octanol–water partition coefficient (Wildman–Crippen LogP) is 4.74. The molecule has 4 aromatic rings. The fraction of sp³-hybridized carbons (Fsp3) is 0.160. The number of para-hydroxylation sites is 1. The van der Waals surface area contributed by atoms with Crippen molar-refractivity contribution in [1.29, 1.82) is 0 Å². The lowest BCUT2D eigenvalue weighted by Gasteiger charge is -2.13. The summed E-state index contributed by atoms with van der Waals surface area (Å²) in [7, 11) is 1.59. The molecule has 0 bridgehead atoms. The minimum atomic E-state index is -0.229. The zero-order valence-corrected chi connectivity index (χ0v) is 17.6. The molecule has 6 heteroatoms. The molecule has 0 aliphatic heterocycles. The summed E-state index contributed by atoms with van der Waals surface area (Å²) in [5, 5.41) is 5.00. The molecule has 4 rings (SSSR count).